The SMILES string of the molecule is CN(CCNC(=O)N1CCC(O)C(C)(C)C1)C1CC1. The van der Waals surface area contributed by atoms with Gasteiger partial charge in [0.05, 0.1) is 6.10 Å². The van der Waals surface area contributed by atoms with Crippen molar-refractivity contribution < 1.29 is 9.90 Å². The minimum Gasteiger partial charge on any atom is -0.392 e. The molecule has 1 unspecified atom stereocenters. The predicted octanol–water partition coefficient (Wildman–Crippen LogP) is 0.883. The normalized spacial score (nSPS) is 26.6. The van der Waals surface area contributed by atoms with Crippen LogP contribution in [0.25, 0.3) is 0 Å². The van der Waals surface area contributed by atoms with E-state index in [1.807, 2.05) is 18.7 Å². The van der Waals surface area contributed by atoms with Crippen LogP contribution in [0.5, 0.6) is 0 Å². The lowest BCUT2D eigenvalue weighted by Gasteiger charge is -2.41. The summed E-state index contributed by atoms with van der Waals surface area (Å²) in [6.07, 6.45) is 2.95. The highest BCUT2D eigenvalue weighted by molar-refractivity contribution is 5.74. The van der Waals surface area contributed by atoms with Crippen molar-refractivity contribution in [2.24, 2.45) is 5.41 Å². The quantitative estimate of drug-likeness (QED) is 0.797. The third kappa shape index (κ3) is 3.83. The van der Waals surface area contributed by atoms with E-state index in [9.17, 15) is 9.90 Å². The zero-order chi connectivity index (χ0) is 14.0. The van der Waals surface area contributed by atoms with Crippen molar-refractivity contribution in [1.82, 2.24) is 15.1 Å². The van der Waals surface area contributed by atoms with Gasteiger partial charge >= 0.3 is 6.03 Å². The van der Waals surface area contributed by atoms with E-state index in [1.54, 1.807) is 0 Å². The Balaban J connectivity index is 1.70. The van der Waals surface area contributed by atoms with Gasteiger partial charge in [0.15, 0.2) is 0 Å². The first-order valence-electron chi connectivity index (χ1n) is 7.31. The van der Waals surface area contributed by atoms with E-state index in [-0.39, 0.29) is 17.6 Å². The van der Waals surface area contributed by atoms with Gasteiger partial charge < -0.3 is 20.2 Å². The highest BCUT2D eigenvalue weighted by atomic mass is 16.3. The van der Waals surface area contributed by atoms with Crippen LogP contribution in [0.4, 0.5) is 4.79 Å². The van der Waals surface area contributed by atoms with Crippen LogP contribution in [0.3, 0.4) is 0 Å². The van der Waals surface area contributed by atoms with Gasteiger partial charge in [-0.15, -0.1) is 0 Å². The van der Waals surface area contributed by atoms with Gasteiger partial charge in [-0.2, -0.15) is 0 Å². The monoisotopic (exact) mass is 269 g/mol. The first kappa shape index (κ1) is 14.6. The molecule has 110 valence electrons. The van der Waals surface area contributed by atoms with Crippen molar-refractivity contribution in [3.05, 3.63) is 0 Å². The summed E-state index contributed by atoms with van der Waals surface area (Å²) in [6, 6.07) is 0.741. The molecule has 0 aromatic heterocycles. The summed E-state index contributed by atoms with van der Waals surface area (Å²) < 4.78 is 0. The Kier molecular flexibility index (Phi) is 4.36. The Morgan fingerprint density at radius 2 is 2.11 bits per heavy atom. The molecule has 0 bridgehead atoms. The second-order valence-corrected chi connectivity index (χ2v) is 6.66. The standard InChI is InChI=1S/C14H27N3O2/c1-14(2)10-17(8-6-12(14)18)13(19)15-7-9-16(3)11-4-5-11/h11-12,18H,4-10H2,1-3H3,(H,15,19). The van der Waals surface area contributed by atoms with Gasteiger partial charge in [-0.05, 0) is 26.3 Å². The van der Waals surface area contributed by atoms with Crippen molar-refractivity contribution in [3.8, 4) is 0 Å². The molecule has 2 fully saturated rings. The summed E-state index contributed by atoms with van der Waals surface area (Å²) in [4.78, 5) is 16.2. The molecule has 1 heterocycles. The summed E-state index contributed by atoms with van der Waals surface area (Å²) >= 11 is 0. The number of aliphatic hydroxyl groups excluding tert-OH is 1. The van der Waals surface area contributed by atoms with Crippen LogP contribution in [0.2, 0.25) is 0 Å². The number of nitrogens with one attached hydrogen (secondary N) is 1. The van der Waals surface area contributed by atoms with E-state index in [1.165, 1.54) is 12.8 Å². The molecule has 1 aliphatic heterocycles. The molecule has 1 saturated carbocycles. The maximum absolute atomic E-state index is 12.1. The fourth-order valence-corrected chi connectivity index (χ4v) is 2.67. The number of hydrogen-bond donors (Lipinski definition) is 2. The number of urea groups is 1. The highest BCUT2D eigenvalue weighted by Crippen LogP contribution is 2.29. The molecule has 2 N–H and O–H groups in total. The predicted molar refractivity (Wildman–Crippen MR) is 75.0 cm³/mol. The van der Waals surface area contributed by atoms with Crippen molar-refractivity contribution in [1.29, 1.82) is 0 Å². The Morgan fingerprint density at radius 3 is 2.68 bits per heavy atom. The molecule has 1 saturated heterocycles. The van der Waals surface area contributed by atoms with Crippen LogP contribution in [0.15, 0.2) is 0 Å². The molecular weight excluding hydrogens is 242 g/mol. The van der Waals surface area contributed by atoms with Crippen molar-refractivity contribution in [3.63, 3.8) is 0 Å². The van der Waals surface area contributed by atoms with Gasteiger partial charge in [-0.1, -0.05) is 13.8 Å². The van der Waals surface area contributed by atoms with Crippen LogP contribution in [0, 0.1) is 5.41 Å². The summed E-state index contributed by atoms with van der Waals surface area (Å²) in [6.45, 7) is 6.91. The van der Waals surface area contributed by atoms with Crippen molar-refractivity contribution in [2.75, 3.05) is 33.2 Å². The fraction of sp³-hybridized carbons (Fsp3) is 0.929. The Morgan fingerprint density at radius 1 is 1.42 bits per heavy atom. The van der Waals surface area contributed by atoms with E-state index < -0.39 is 0 Å². The number of likely N-dealkylation sites (N-methyl/N-ethyl adjacent to an activating group) is 1. The maximum atomic E-state index is 12.1. The summed E-state index contributed by atoms with van der Waals surface area (Å²) in [5, 5.41) is 12.9. The van der Waals surface area contributed by atoms with E-state index >= 15 is 0 Å². The third-order valence-corrected chi connectivity index (χ3v) is 4.37. The number of hydrogen-bond acceptors (Lipinski definition) is 3. The lowest BCUT2D eigenvalue weighted by Crippen LogP contribution is -2.53. The lowest BCUT2D eigenvalue weighted by molar-refractivity contribution is -0.0114. The average Bonchev–Trinajstić information content (AvgIpc) is 3.16. The van der Waals surface area contributed by atoms with Crippen LogP contribution >= 0.6 is 0 Å². The molecule has 5 nitrogen and oxygen atoms in total. The average molecular weight is 269 g/mol. The molecule has 1 atom stereocenters. The fourth-order valence-electron chi connectivity index (χ4n) is 2.67. The first-order valence-corrected chi connectivity index (χ1v) is 7.31. The second kappa shape index (κ2) is 5.67. The number of piperidine rings is 1. The number of aliphatic hydroxyl groups is 1. The van der Waals surface area contributed by atoms with E-state index in [2.05, 4.69) is 17.3 Å². The Hall–Kier alpha value is -0.810. The minimum absolute atomic E-state index is 0.00386. The van der Waals surface area contributed by atoms with Gasteiger partial charge in [-0.3, -0.25) is 0 Å². The molecule has 0 aromatic carbocycles. The van der Waals surface area contributed by atoms with Gasteiger partial charge in [0.1, 0.15) is 0 Å². The smallest absolute Gasteiger partial charge is 0.317 e. The highest BCUT2D eigenvalue weighted by Gasteiger charge is 2.36. The summed E-state index contributed by atoms with van der Waals surface area (Å²) in [5.74, 6) is 0. The van der Waals surface area contributed by atoms with Gasteiger partial charge in [0.25, 0.3) is 0 Å². The third-order valence-electron chi connectivity index (χ3n) is 4.37. The number of rotatable bonds is 4. The molecule has 5 heteroatoms. The Bertz CT molecular complexity index is 329. The topological polar surface area (TPSA) is 55.8 Å². The molecule has 0 spiro atoms. The van der Waals surface area contributed by atoms with E-state index in [0.717, 1.165) is 12.6 Å². The van der Waals surface area contributed by atoms with E-state index in [0.29, 0.717) is 26.1 Å². The molecule has 2 amide bonds. The summed E-state index contributed by atoms with van der Waals surface area (Å²) in [7, 11) is 2.12. The molecule has 2 aliphatic rings. The zero-order valence-electron chi connectivity index (χ0n) is 12.4. The van der Waals surface area contributed by atoms with Gasteiger partial charge in [0, 0.05) is 37.6 Å². The second-order valence-electron chi connectivity index (χ2n) is 6.66. The molecule has 0 aromatic rings. The number of carbonyl (C=O) groups excluding carboxylic acids is 1. The number of amides is 2. The van der Waals surface area contributed by atoms with E-state index in [4.69, 9.17) is 0 Å². The van der Waals surface area contributed by atoms with Gasteiger partial charge in [0.2, 0.25) is 0 Å². The first-order chi connectivity index (χ1) is 8.90. The lowest BCUT2D eigenvalue weighted by atomic mass is 9.81. The number of carbonyl (C=O) groups is 1. The van der Waals surface area contributed by atoms with Crippen molar-refractivity contribution in [2.45, 2.75) is 45.3 Å². The van der Waals surface area contributed by atoms with Crippen LogP contribution in [0.1, 0.15) is 33.1 Å². The summed E-state index contributed by atoms with van der Waals surface area (Å²) in [5.41, 5.74) is -0.208. The van der Waals surface area contributed by atoms with Crippen LogP contribution < -0.4 is 5.32 Å². The van der Waals surface area contributed by atoms with Crippen molar-refractivity contribution >= 4 is 6.03 Å². The zero-order valence-corrected chi connectivity index (χ0v) is 12.4. The van der Waals surface area contributed by atoms with Crippen LogP contribution in [-0.2, 0) is 0 Å². The van der Waals surface area contributed by atoms with Crippen LogP contribution in [-0.4, -0.2) is 66.3 Å². The number of likely N-dealkylation sites (tertiary alicyclic amines) is 1. The molecular formula is C14H27N3O2. The largest absolute Gasteiger partial charge is 0.392 e. The molecule has 2 rings (SSSR count). The number of nitrogens with zero attached hydrogens (tertiary/aromatic N) is 2. The molecule has 19 heavy (non-hydrogen) atoms. The molecule has 1 aliphatic carbocycles. The Labute approximate surface area is 115 Å². The maximum Gasteiger partial charge on any atom is 0.317 e. The minimum atomic E-state index is -0.308. The molecule has 0 radical (unpaired) electrons. The van der Waals surface area contributed by atoms with Gasteiger partial charge in [-0.25, -0.2) is 4.79 Å².